The highest BCUT2D eigenvalue weighted by atomic mass is 15.3. The molecule has 0 fully saturated rings. The predicted octanol–water partition coefficient (Wildman–Crippen LogP) is 4.37. The van der Waals surface area contributed by atoms with Crippen LogP contribution in [0.3, 0.4) is 0 Å². The lowest BCUT2D eigenvalue weighted by Crippen LogP contribution is -2.17. The third kappa shape index (κ3) is 2.94. The highest BCUT2D eigenvalue weighted by molar-refractivity contribution is 5.70. The molecule has 0 radical (unpaired) electrons. The number of benzene rings is 1. The summed E-state index contributed by atoms with van der Waals surface area (Å²) >= 11 is 0. The zero-order valence-corrected chi connectivity index (χ0v) is 15.3. The Kier molecular flexibility index (Phi) is 4.33. The Hall–Kier alpha value is -1.61. The predicted molar refractivity (Wildman–Crippen MR) is 96.7 cm³/mol. The Morgan fingerprint density at radius 2 is 2.00 bits per heavy atom. The van der Waals surface area contributed by atoms with Crippen molar-refractivity contribution in [3.8, 4) is 11.1 Å². The summed E-state index contributed by atoms with van der Waals surface area (Å²) in [5.41, 5.74) is 8.08. The molecule has 1 aromatic carbocycles. The summed E-state index contributed by atoms with van der Waals surface area (Å²) in [5, 5.41) is 4.78. The SMILES string of the molecule is Cc1nn(CC(C)C)c(C)c1-c1ccc2c(c1)C(N(C)C)CC2. The number of hydrogen-bond donors (Lipinski definition) is 0. The molecule has 0 amide bonds. The summed E-state index contributed by atoms with van der Waals surface area (Å²) in [7, 11) is 4.37. The smallest absolute Gasteiger partial charge is 0.0674 e. The Labute approximate surface area is 140 Å². The van der Waals surface area contributed by atoms with Crippen LogP contribution >= 0.6 is 0 Å². The number of fused-ring (bicyclic) bond motifs is 1. The molecule has 1 aliphatic rings. The van der Waals surface area contributed by atoms with Gasteiger partial charge >= 0.3 is 0 Å². The molecule has 3 nitrogen and oxygen atoms in total. The molecule has 1 atom stereocenters. The van der Waals surface area contributed by atoms with Crippen LogP contribution in [0.4, 0.5) is 0 Å². The molecule has 3 heteroatoms. The summed E-state index contributed by atoms with van der Waals surface area (Å²) in [4.78, 5) is 2.34. The van der Waals surface area contributed by atoms with E-state index < -0.39 is 0 Å². The summed E-state index contributed by atoms with van der Waals surface area (Å²) in [6, 6.07) is 7.57. The van der Waals surface area contributed by atoms with Crippen LogP contribution in [0, 0.1) is 19.8 Å². The molecule has 0 saturated carbocycles. The van der Waals surface area contributed by atoms with E-state index in [0.717, 1.165) is 12.2 Å². The molecule has 1 unspecified atom stereocenters. The van der Waals surface area contributed by atoms with Crippen molar-refractivity contribution in [1.29, 1.82) is 0 Å². The van der Waals surface area contributed by atoms with Crippen molar-refractivity contribution in [2.75, 3.05) is 14.1 Å². The Morgan fingerprint density at radius 3 is 2.65 bits per heavy atom. The fraction of sp³-hybridized carbons (Fsp3) is 0.550. The number of aryl methyl sites for hydroxylation is 2. The van der Waals surface area contributed by atoms with E-state index in [1.807, 2.05) is 0 Å². The van der Waals surface area contributed by atoms with Crippen LogP contribution in [0.2, 0.25) is 0 Å². The molecule has 2 aromatic rings. The molecule has 0 saturated heterocycles. The van der Waals surface area contributed by atoms with Crippen LogP contribution in [-0.4, -0.2) is 28.8 Å². The topological polar surface area (TPSA) is 21.1 Å². The first kappa shape index (κ1) is 16.3. The van der Waals surface area contributed by atoms with Gasteiger partial charge in [-0.25, -0.2) is 0 Å². The van der Waals surface area contributed by atoms with E-state index >= 15 is 0 Å². The highest BCUT2D eigenvalue weighted by Crippen LogP contribution is 2.38. The fourth-order valence-corrected chi connectivity index (χ4v) is 3.91. The van der Waals surface area contributed by atoms with E-state index in [-0.39, 0.29) is 0 Å². The van der Waals surface area contributed by atoms with Gasteiger partial charge in [-0.05, 0) is 69.5 Å². The van der Waals surface area contributed by atoms with Crippen molar-refractivity contribution < 1.29 is 0 Å². The zero-order chi connectivity index (χ0) is 16.7. The quantitative estimate of drug-likeness (QED) is 0.836. The van der Waals surface area contributed by atoms with Gasteiger partial charge in [0.25, 0.3) is 0 Å². The molecule has 0 aliphatic heterocycles. The third-order valence-electron chi connectivity index (χ3n) is 5.02. The average molecular weight is 311 g/mol. The fourth-order valence-electron chi connectivity index (χ4n) is 3.91. The van der Waals surface area contributed by atoms with Gasteiger partial charge in [-0.1, -0.05) is 26.0 Å². The van der Waals surface area contributed by atoms with Crippen LogP contribution in [0.1, 0.15) is 48.8 Å². The van der Waals surface area contributed by atoms with E-state index in [1.165, 1.54) is 40.8 Å². The summed E-state index contributed by atoms with van der Waals surface area (Å²) in [5.74, 6) is 0.610. The van der Waals surface area contributed by atoms with Gasteiger partial charge in [0.05, 0.1) is 5.69 Å². The minimum absolute atomic E-state index is 0.552. The Bertz CT molecular complexity index is 710. The molecule has 0 N–H and O–H groups in total. The molecule has 1 aliphatic carbocycles. The van der Waals surface area contributed by atoms with Crippen molar-refractivity contribution in [3.63, 3.8) is 0 Å². The molecule has 1 aromatic heterocycles. The second kappa shape index (κ2) is 6.12. The third-order valence-corrected chi connectivity index (χ3v) is 5.02. The van der Waals surface area contributed by atoms with Crippen molar-refractivity contribution in [1.82, 2.24) is 14.7 Å². The van der Waals surface area contributed by atoms with E-state index in [0.29, 0.717) is 12.0 Å². The maximum Gasteiger partial charge on any atom is 0.0674 e. The van der Waals surface area contributed by atoms with Crippen LogP contribution in [0.25, 0.3) is 11.1 Å². The summed E-state index contributed by atoms with van der Waals surface area (Å²) < 4.78 is 2.17. The van der Waals surface area contributed by atoms with Gasteiger partial charge in [0.15, 0.2) is 0 Å². The molecule has 3 rings (SSSR count). The minimum Gasteiger partial charge on any atom is -0.302 e. The van der Waals surface area contributed by atoms with Gasteiger partial charge in [-0.2, -0.15) is 5.10 Å². The normalized spacial score (nSPS) is 17.3. The maximum atomic E-state index is 4.78. The molecule has 0 spiro atoms. The highest BCUT2D eigenvalue weighted by Gasteiger charge is 2.25. The van der Waals surface area contributed by atoms with Gasteiger partial charge in [0, 0.05) is 23.8 Å². The van der Waals surface area contributed by atoms with Crippen LogP contribution in [-0.2, 0) is 13.0 Å². The minimum atomic E-state index is 0.552. The maximum absolute atomic E-state index is 4.78. The van der Waals surface area contributed by atoms with Crippen molar-refractivity contribution in [3.05, 3.63) is 40.7 Å². The van der Waals surface area contributed by atoms with E-state index in [9.17, 15) is 0 Å². The van der Waals surface area contributed by atoms with Crippen LogP contribution in [0.5, 0.6) is 0 Å². The molecular weight excluding hydrogens is 282 g/mol. The standard InChI is InChI=1S/C20H29N3/c1-13(2)12-23-15(4)20(14(3)21-23)17-8-7-16-9-10-19(22(5)6)18(16)11-17/h7-8,11,13,19H,9-10,12H2,1-6H3. The number of aromatic nitrogens is 2. The van der Waals surface area contributed by atoms with E-state index in [2.05, 4.69) is 69.6 Å². The largest absolute Gasteiger partial charge is 0.302 e. The van der Waals surface area contributed by atoms with Gasteiger partial charge in [-0.3, -0.25) is 4.68 Å². The first-order valence-corrected chi connectivity index (χ1v) is 8.72. The number of rotatable bonds is 4. The van der Waals surface area contributed by atoms with Gasteiger partial charge in [0.2, 0.25) is 0 Å². The lowest BCUT2D eigenvalue weighted by atomic mass is 9.98. The van der Waals surface area contributed by atoms with Crippen LogP contribution < -0.4 is 0 Å². The Morgan fingerprint density at radius 1 is 1.26 bits per heavy atom. The molecule has 23 heavy (non-hydrogen) atoms. The molecule has 124 valence electrons. The summed E-state index contributed by atoms with van der Waals surface area (Å²) in [6.07, 6.45) is 2.43. The number of nitrogens with zero attached hydrogens (tertiary/aromatic N) is 3. The van der Waals surface area contributed by atoms with Gasteiger partial charge < -0.3 is 4.90 Å². The van der Waals surface area contributed by atoms with Crippen molar-refractivity contribution in [2.24, 2.45) is 5.92 Å². The summed E-state index contributed by atoms with van der Waals surface area (Å²) in [6.45, 7) is 9.81. The molecule has 1 heterocycles. The van der Waals surface area contributed by atoms with E-state index in [1.54, 1.807) is 0 Å². The second-order valence-electron chi connectivity index (χ2n) is 7.55. The lowest BCUT2D eigenvalue weighted by Gasteiger charge is -2.20. The first-order chi connectivity index (χ1) is 10.9. The second-order valence-corrected chi connectivity index (χ2v) is 7.55. The zero-order valence-electron chi connectivity index (χ0n) is 15.3. The molecular formula is C20H29N3. The molecule has 0 bridgehead atoms. The average Bonchev–Trinajstić information content (AvgIpc) is 2.99. The van der Waals surface area contributed by atoms with Crippen LogP contribution in [0.15, 0.2) is 18.2 Å². The van der Waals surface area contributed by atoms with Gasteiger partial charge in [-0.15, -0.1) is 0 Å². The van der Waals surface area contributed by atoms with Crippen molar-refractivity contribution in [2.45, 2.75) is 53.1 Å². The van der Waals surface area contributed by atoms with E-state index in [4.69, 9.17) is 5.10 Å². The lowest BCUT2D eigenvalue weighted by molar-refractivity contribution is 0.299. The van der Waals surface area contributed by atoms with Gasteiger partial charge in [0.1, 0.15) is 0 Å². The van der Waals surface area contributed by atoms with Crippen molar-refractivity contribution >= 4 is 0 Å². The Balaban J connectivity index is 2.04. The number of hydrogen-bond acceptors (Lipinski definition) is 2. The first-order valence-electron chi connectivity index (χ1n) is 8.72. The monoisotopic (exact) mass is 311 g/mol.